The van der Waals surface area contributed by atoms with Gasteiger partial charge in [0.15, 0.2) is 0 Å². The molecule has 2 bridgehead atoms. The van der Waals surface area contributed by atoms with Crippen LogP contribution in [0.1, 0.15) is 61.3 Å². The summed E-state index contributed by atoms with van der Waals surface area (Å²) in [7, 11) is 0. The van der Waals surface area contributed by atoms with Crippen LogP contribution in [0.15, 0.2) is 24.3 Å². The highest BCUT2D eigenvalue weighted by atomic mass is 16.5. The molecule has 0 aromatic heterocycles. The number of carbonyl (C=O) groups excluding carboxylic acids is 3. The van der Waals surface area contributed by atoms with Gasteiger partial charge in [-0.3, -0.25) is 14.4 Å². The highest BCUT2D eigenvalue weighted by Gasteiger charge is 2.80. The summed E-state index contributed by atoms with van der Waals surface area (Å²) in [5.41, 5.74) is -0.319. The van der Waals surface area contributed by atoms with E-state index in [1.54, 1.807) is 0 Å². The third-order valence-electron chi connectivity index (χ3n) is 9.41. The molecule has 4 rings (SSSR count). The average Bonchev–Trinajstić information content (AvgIpc) is 3.41. The normalized spacial score (nSPS) is 31.9. The van der Waals surface area contributed by atoms with Crippen LogP contribution < -0.4 is 15.5 Å². The second kappa shape index (κ2) is 11.1. The van der Waals surface area contributed by atoms with Gasteiger partial charge < -0.3 is 30.3 Å². The molecule has 9 nitrogen and oxygen atoms in total. The smallest absolute Gasteiger partial charge is 0.250 e. The van der Waals surface area contributed by atoms with Crippen LogP contribution in [0.25, 0.3) is 0 Å². The number of rotatable bonds is 11. The van der Waals surface area contributed by atoms with Crippen LogP contribution in [0.4, 0.5) is 11.4 Å². The van der Waals surface area contributed by atoms with Gasteiger partial charge in [-0.05, 0) is 69.7 Å². The number of fused-ring (bicyclic) bond motifs is 1. The largest absolute Gasteiger partial charge is 0.394 e. The van der Waals surface area contributed by atoms with Crippen molar-refractivity contribution in [1.82, 2.24) is 10.2 Å². The fourth-order valence-corrected chi connectivity index (χ4v) is 7.27. The van der Waals surface area contributed by atoms with Crippen molar-refractivity contribution < 1.29 is 24.2 Å². The number of aliphatic hydroxyl groups excluding tert-OH is 1. The number of aliphatic hydroxyl groups is 1. The Kier molecular flexibility index (Phi) is 8.34. The standard InChI is InChI=1S/C30H46N4O5/c1-8-15-31-26(36)23-24-28(38)34(22(17-35)18(4)5)25(30(24)16-19(6)29(23,7)39-30)27(37)32-20-11-13-21(14-12-20)33(9-2)10-3/h11-14,18-19,22-25,35H,8-10,15-17H2,1-7H3,(H,31,36)(H,32,37)/t19?,22-,23-,24-,25?,29+,30?/m0/s1. The van der Waals surface area contributed by atoms with Gasteiger partial charge in [0.1, 0.15) is 11.6 Å². The summed E-state index contributed by atoms with van der Waals surface area (Å²) in [4.78, 5) is 45.6. The van der Waals surface area contributed by atoms with Gasteiger partial charge >= 0.3 is 0 Å². The first-order chi connectivity index (χ1) is 18.5. The highest BCUT2D eigenvalue weighted by molar-refractivity contribution is 6.04. The van der Waals surface area contributed by atoms with Crippen LogP contribution in [-0.2, 0) is 19.1 Å². The van der Waals surface area contributed by atoms with Gasteiger partial charge in [-0.25, -0.2) is 0 Å². The third-order valence-corrected chi connectivity index (χ3v) is 9.41. The van der Waals surface area contributed by atoms with Crippen molar-refractivity contribution in [2.75, 3.05) is 36.5 Å². The van der Waals surface area contributed by atoms with E-state index in [1.807, 2.05) is 58.9 Å². The molecule has 1 aromatic rings. The molecule has 0 aliphatic carbocycles. The number of hydrogen-bond acceptors (Lipinski definition) is 6. The van der Waals surface area contributed by atoms with Crippen molar-refractivity contribution in [2.24, 2.45) is 23.7 Å². The highest BCUT2D eigenvalue weighted by Crippen LogP contribution is 2.65. The maximum Gasteiger partial charge on any atom is 0.250 e. The molecule has 3 unspecified atom stereocenters. The summed E-state index contributed by atoms with van der Waals surface area (Å²) < 4.78 is 6.75. The van der Waals surface area contributed by atoms with E-state index < -0.39 is 35.1 Å². The van der Waals surface area contributed by atoms with Crippen LogP contribution >= 0.6 is 0 Å². The molecule has 3 N–H and O–H groups in total. The Hall–Kier alpha value is -2.65. The Bertz CT molecular complexity index is 1070. The first kappa shape index (κ1) is 29.3. The summed E-state index contributed by atoms with van der Waals surface area (Å²) in [6.07, 6.45) is 1.27. The molecular formula is C30H46N4O5. The zero-order valence-electron chi connectivity index (χ0n) is 24.5. The zero-order valence-corrected chi connectivity index (χ0v) is 24.5. The molecule has 7 atom stereocenters. The first-order valence-corrected chi connectivity index (χ1v) is 14.6. The van der Waals surface area contributed by atoms with Crippen molar-refractivity contribution in [3.05, 3.63) is 24.3 Å². The number of ether oxygens (including phenoxy) is 1. The van der Waals surface area contributed by atoms with Crippen molar-refractivity contribution >= 4 is 29.1 Å². The van der Waals surface area contributed by atoms with E-state index in [4.69, 9.17) is 4.74 Å². The minimum atomic E-state index is -1.15. The maximum absolute atomic E-state index is 14.2. The van der Waals surface area contributed by atoms with Gasteiger partial charge in [0, 0.05) is 31.0 Å². The molecule has 3 aliphatic rings. The number of benzene rings is 1. The Morgan fingerprint density at radius 1 is 1.15 bits per heavy atom. The number of nitrogens with zero attached hydrogens (tertiary/aromatic N) is 2. The molecule has 3 amide bonds. The third kappa shape index (κ3) is 4.61. The number of anilines is 2. The van der Waals surface area contributed by atoms with Crippen molar-refractivity contribution in [2.45, 2.75) is 84.6 Å². The van der Waals surface area contributed by atoms with E-state index in [0.29, 0.717) is 18.7 Å². The van der Waals surface area contributed by atoms with Crippen LogP contribution in [-0.4, -0.2) is 77.3 Å². The van der Waals surface area contributed by atoms with E-state index in [1.165, 1.54) is 4.90 Å². The van der Waals surface area contributed by atoms with E-state index in [0.717, 1.165) is 25.2 Å². The Morgan fingerprint density at radius 2 is 1.79 bits per heavy atom. The second-order valence-electron chi connectivity index (χ2n) is 11.9. The molecule has 3 aliphatic heterocycles. The number of hydrogen-bond donors (Lipinski definition) is 3. The molecule has 0 radical (unpaired) electrons. The van der Waals surface area contributed by atoms with E-state index in [9.17, 15) is 19.5 Å². The lowest BCUT2D eigenvalue weighted by Crippen LogP contribution is -2.57. The van der Waals surface area contributed by atoms with E-state index >= 15 is 0 Å². The topological polar surface area (TPSA) is 111 Å². The summed E-state index contributed by atoms with van der Waals surface area (Å²) in [5, 5.41) is 16.4. The second-order valence-corrected chi connectivity index (χ2v) is 11.9. The summed E-state index contributed by atoms with van der Waals surface area (Å²) >= 11 is 0. The summed E-state index contributed by atoms with van der Waals surface area (Å²) in [6, 6.07) is 6.13. The predicted molar refractivity (Wildman–Crippen MR) is 151 cm³/mol. The number of amides is 3. The zero-order chi connectivity index (χ0) is 28.7. The molecule has 1 aromatic carbocycles. The van der Waals surface area contributed by atoms with Gasteiger partial charge in [0.2, 0.25) is 17.7 Å². The molecule has 216 valence electrons. The minimum absolute atomic E-state index is 0.0332. The average molecular weight is 543 g/mol. The molecule has 39 heavy (non-hydrogen) atoms. The lowest BCUT2D eigenvalue weighted by Gasteiger charge is -2.38. The fourth-order valence-electron chi connectivity index (χ4n) is 7.27. The Balaban J connectivity index is 1.74. The SMILES string of the molecule is CCCNC(=O)[C@@H]1[C@H]2C(=O)N([C@@H](CO)C(C)C)C(C(=O)Nc3ccc(N(CC)CC)cc3)C23CC(C)[C@@]1(C)O3. The van der Waals surface area contributed by atoms with Crippen LogP contribution in [0, 0.1) is 23.7 Å². The van der Waals surface area contributed by atoms with Gasteiger partial charge in [0.25, 0.3) is 0 Å². The fraction of sp³-hybridized carbons (Fsp3) is 0.700. The summed E-state index contributed by atoms with van der Waals surface area (Å²) in [5.74, 6) is -2.47. The van der Waals surface area contributed by atoms with E-state index in [-0.39, 0.29) is 36.2 Å². The van der Waals surface area contributed by atoms with Crippen molar-refractivity contribution in [3.8, 4) is 0 Å². The van der Waals surface area contributed by atoms with Gasteiger partial charge in [-0.15, -0.1) is 0 Å². The molecule has 3 saturated heterocycles. The lowest BCUT2D eigenvalue weighted by molar-refractivity contribution is -0.150. The van der Waals surface area contributed by atoms with Crippen molar-refractivity contribution in [1.29, 1.82) is 0 Å². The summed E-state index contributed by atoms with van der Waals surface area (Å²) in [6.45, 7) is 16.0. The number of carbonyl (C=O) groups is 3. The monoisotopic (exact) mass is 542 g/mol. The predicted octanol–water partition coefficient (Wildman–Crippen LogP) is 3.03. The Labute approximate surface area is 232 Å². The molecule has 1 spiro atoms. The van der Waals surface area contributed by atoms with Gasteiger partial charge in [-0.1, -0.05) is 27.7 Å². The van der Waals surface area contributed by atoms with Crippen LogP contribution in [0.2, 0.25) is 0 Å². The molecular weight excluding hydrogens is 496 g/mol. The first-order valence-electron chi connectivity index (χ1n) is 14.6. The van der Waals surface area contributed by atoms with Crippen LogP contribution in [0.3, 0.4) is 0 Å². The van der Waals surface area contributed by atoms with Crippen molar-refractivity contribution in [3.63, 3.8) is 0 Å². The Morgan fingerprint density at radius 3 is 2.33 bits per heavy atom. The van der Waals surface area contributed by atoms with Gasteiger partial charge in [-0.2, -0.15) is 0 Å². The molecule has 9 heteroatoms. The maximum atomic E-state index is 14.2. The minimum Gasteiger partial charge on any atom is -0.394 e. The number of nitrogens with one attached hydrogen (secondary N) is 2. The van der Waals surface area contributed by atoms with E-state index in [2.05, 4.69) is 29.4 Å². The van der Waals surface area contributed by atoms with Gasteiger partial charge in [0.05, 0.1) is 30.1 Å². The number of likely N-dealkylation sites (tertiary alicyclic amines) is 1. The quantitative estimate of drug-likeness (QED) is 0.397. The molecule has 3 heterocycles. The lowest BCUT2D eigenvalue weighted by atomic mass is 9.62. The van der Waals surface area contributed by atoms with Crippen LogP contribution in [0.5, 0.6) is 0 Å². The molecule has 3 fully saturated rings. The molecule has 0 saturated carbocycles.